The Kier molecular flexibility index (Phi) is 6.34. The molecule has 0 unspecified atom stereocenters. The van der Waals surface area contributed by atoms with Crippen LogP contribution in [0.4, 0.5) is 5.95 Å². The number of nitrogens with zero attached hydrogens (tertiary/aromatic N) is 2. The molecule has 6 nitrogen and oxygen atoms in total. The molecular formula is C21H34N4O2S. The molecule has 0 amide bonds. The van der Waals surface area contributed by atoms with E-state index in [0.29, 0.717) is 5.92 Å². The van der Waals surface area contributed by atoms with Crippen molar-refractivity contribution < 1.29 is 8.42 Å². The molecule has 2 atom stereocenters. The monoisotopic (exact) mass is 406 g/mol. The first-order chi connectivity index (χ1) is 13.2. The van der Waals surface area contributed by atoms with Crippen LogP contribution in [0, 0.1) is 5.92 Å². The number of aromatic nitrogens is 2. The Bertz CT molecular complexity index is 908. The zero-order chi connectivity index (χ0) is 20.4. The summed E-state index contributed by atoms with van der Waals surface area (Å²) in [5.41, 5.74) is 3.05. The number of hydrogen-bond donors (Lipinski definition) is 2. The predicted molar refractivity (Wildman–Crippen MR) is 116 cm³/mol. The van der Waals surface area contributed by atoms with Gasteiger partial charge in [0, 0.05) is 6.54 Å². The Hall–Kier alpha value is -1.60. The van der Waals surface area contributed by atoms with Crippen LogP contribution in [0.25, 0.3) is 11.0 Å². The number of benzene rings is 1. The first-order valence-corrected chi connectivity index (χ1v) is 12.3. The summed E-state index contributed by atoms with van der Waals surface area (Å²) in [5, 5.41) is 0. The number of piperidine rings is 1. The number of unbranched alkanes of at least 4 members (excludes halogenated alkanes) is 3. The fraction of sp³-hybridized carbons (Fsp3) is 0.667. The summed E-state index contributed by atoms with van der Waals surface area (Å²) >= 11 is 0. The number of nitrogens with one attached hydrogen (secondary N) is 2. The molecule has 1 aliphatic heterocycles. The second kappa shape index (κ2) is 8.41. The minimum Gasteiger partial charge on any atom is -0.323 e. The predicted octanol–water partition coefficient (Wildman–Crippen LogP) is 4.11. The van der Waals surface area contributed by atoms with E-state index in [4.69, 9.17) is 0 Å². The Balaban J connectivity index is 1.72. The highest BCUT2D eigenvalue weighted by atomic mass is 32.2. The van der Waals surface area contributed by atoms with E-state index in [1.165, 1.54) is 37.8 Å². The first-order valence-electron chi connectivity index (χ1n) is 10.4. The van der Waals surface area contributed by atoms with Crippen molar-refractivity contribution in [2.24, 2.45) is 5.92 Å². The van der Waals surface area contributed by atoms with Crippen molar-refractivity contribution in [1.82, 2.24) is 14.9 Å². The van der Waals surface area contributed by atoms with Gasteiger partial charge >= 0.3 is 0 Å². The van der Waals surface area contributed by atoms with Crippen LogP contribution >= 0.6 is 0 Å². The molecule has 0 radical (unpaired) electrons. The van der Waals surface area contributed by atoms with E-state index in [2.05, 4.69) is 52.5 Å². The molecule has 0 saturated carbocycles. The van der Waals surface area contributed by atoms with Crippen LogP contribution in [-0.2, 0) is 15.4 Å². The highest BCUT2D eigenvalue weighted by Gasteiger charge is 2.38. The van der Waals surface area contributed by atoms with Gasteiger partial charge in [0.1, 0.15) is 0 Å². The van der Waals surface area contributed by atoms with E-state index < -0.39 is 10.0 Å². The fourth-order valence-electron chi connectivity index (χ4n) is 4.30. The summed E-state index contributed by atoms with van der Waals surface area (Å²) in [7, 11) is -3.34. The third kappa shape index (κ3) is 4.87. The van der Waals surface area contributed by atoms with E-state index in [0.717, 1.165) is 36.8 Å². The molecule has 1 aliphatic rings. The summed E-state index contributed by atoms with van der Waals surface area (Å²) in [5.74, 6) is 0.826. The quantitative estimate of drug-likeness (QED) is 0.647. The van der Waals surface area contributed by atoms with Crippen molar-refractivity contribution in [1.29, 1.82) is 0 Å². The molecule has 1 saturated heterocycles. The van der Waals surface area contributed by atoms with Gasteiger partial charge in [-0.15, -0.1) is 0 Å². The number of H-pyrrole nitrogens is 1. The smallest absolute Gasteiger partial charge is 0.232 e. The lowest BCUT2D eigenvalue weighted by Crippen LogP contribution is -2.47. The van der Waals surface area contributed by atoms with Gasteiger partial charge in [0.15, 0.2) is 0 Å². The zero-order valence-corrected chi connectivity index (χ0v) is 18.4. The minimum atomic E-state index is -3.34. The van der Waals surface area contributed by atoms with Crippen LogP contribution in [0.1, 0.15) is 58.4 Å². The van der Waals surface area contributed by atoms with Gasteiger partial charge < -0.3 is 9.88 Å². The van der Waals surface area contributed by atoms with Crippen molar-refractivity contribution in [3.8, 4) is 0 Å². The molecule has 1 fully saturated rings. The number of rotatable bonds is 8. The molecule has 2 aromatic rings. The molecule has 7 heteroatoms. The maximum atomic E-state index is 11.5. The van der Waals surface area contributed by atoms with E-state index >= 15 is 0 Å². The van der Waals surface area contributed by atoms with Gasteiger partial charge in [-0.2, -0.15) is 0 Å². The molecule has 2 heterocycles. The number of fused-ring (bicyclic) bond motifs is 1. The maximum Gasteiger partial charge on any atom is 0.232 e. The van der Waals surface area contributed by atoms with Crippen molar-refractivity contribution >= 4 is 27.0 Å². The van der Waals surface area contributed by atoms with Gasteiger partial charge in [-0.3, -0.25) is 4.72 Å². The van der Waals surface area contributed by atoms with E-state index in [-0.39, 0.29) is 11.4 Å². The van der Waals surface area contributed by atoms with Crippen molar-refractivity contribution in [2.45, 2.75) is 58.3 Å². The van der Waals surface area contributed by atoms with Gasteiger partial charge in [-0.25, -0.2) is 13.4 Å². The lowest BCUT2D eigenvalue weighted by Gasteiger charge is -2.45. The molecule has 1 aromatic heterocycles. The summed E-state index contributed by atoms with van der Waals surface area (Å²) in [4.78, 5) is 10.1. The zero-order valence-electron chi connectivity index (χ0n) is 17.6. The van der Waals surface area contributed by atoms with Crippen LogP contribution in [0.15, 0.2) is 18.2 Å². The fourth-order valence-corrected chi connectivity index (χ4v) is 4.74. The van der Waals surface area contributed by atoms with Crippen LogP contribution in [0.5, 0.6) is 0 Å². The summed E-state index contributed by atoms with van der Waals surface area (Å²) < 4.78 is 25.3. The molecule has 1 aromatic carbocycles. The van der Waals surface area contributed by atoms with Gasteiger partial charge in [0.05, 0.1) is 17.3 Å². The van der Waals surface area contributed by atoms with E-state index in [1.54, 1.807) is 0 Å². The van der Waals surface area contributed by atoms with Crippen molar-refractivity contribution in [2.75, 3.05) is 30.6 Å². The van der Waals surface area contributed by atoms with Gasteiger partial charge in [-0.05, 0) is 55.0 Å². The number of imidazole rings is 1. The third-order valence-electron chi connectivity index (χ3n) is 6.32. The van der Waals surface area contributed by atoms with E-state index in [1.807, 2.05) is 6.07 Å². The summed E-state index contributed by atoms with van der Waals surface area (Å²) in [6, 6.07) is 6.30. The highest BCUT2D eigenvalue weighted by molar-refractivity contribution is 7.91. The minimum absolute atomic E-state index is 0.109. The van der Waals surface area contributed by atoms with Gasteiger partial charge in [-0.1, -0.05) is 46.1 Å². The summed E-state index contributed by atoms with van der Waals surface area (Å²) in [6.07, 6.45) is 7.51. The first kappa shape index (κ1) is 21.1. The third-order valence-corrected chi connectivity index (χ3v) is 6.88. The molecule has 2 N–H and O–H groups in total. The van der Waals surface area contributed by atoms with Crippen molar-refractivity contribution in [3.05, 3.63) is 23.8 Å². The number of likely N-dealkylation sites (tertiary alicyclic amines) is 1. The Morgan fingerprint density at radius 1 is 1.32 bits per heavy atom. The molecule has 0 spiro atoms. The normalized spacial score (nSPS) is 23.9. The Morgan fingerprint density at radius 2 is 2.11 bits per heavy atom. The van der Waals surface area contributed by atoms with E-state index in [9.17, 15) is 8.42 Å². The lowest BCUT2D eigenvalue weighted by molar-refractivity contribution is 0.109. The largest absolute Gasteiger partial charge is 0.323 e. The average Bonchev–Trinajstić information content (AvgIpc) is 3.01. The molecule has 156 valence electrons. The number of hydrogen-bond acceptors (Lipinski definition) is 4. The number of anilines is 1. The molecule has 28 heavy (non-hydrogen) atoms. The molecule has 3 rings (SSSR count). The maximum absolute atomic E-state index is 11.5. The van der Waals surface area contributed by atoms with Crippen LogP contribution in [0.3, 0.4) is 0 Å². The second-order valence-electron chi connectivity index (χ2n) is 8.62. The number of aromatic amines is 1. The topological polar surface area (TPSA) is 78.1 Å². The van der Waals surface area contributed by atoms with Crippen LogP contribution in [0.2, 0.25) is 0 Å². The standard InChI is InChI=1S/C21H34N4O2S/c1-5-6-7-8-12-25-13-11-21(3,16(2)15-25)17-9-10-18-19(14-17)23-20(22-18)24-28(4,26)27/h9-10,14,16H,5-8,11-13,15H2,1-4H3,(H2,22,23,24)/t16-,21-/m0/s1. The van der Waals surface area contributed by atoms with Gasteiger partial charge in [0.2, 0.25) is 16.0 Å². The number of sulfonamides is 1. The highest BCUT2D eigenvalue weighted by Crippen LogP contribution is 2.40. The van der Waals surface area contributed by atoms with Crippen LogP contribution in [-0.4, -0.2) is 49.2 Å². The van der Waals surface area contributed by atoms with Crippen LogP contribution < -0.4 is 4.72 Å². The van der Waals surface area contributed by atoms with Gasteiger partial charge in [0.25, 0.3) is 0 Å². The molecule has 0 bridgehead atoms. The lowest BCUT2D eigenvalue weighted by atomic mass is 9.68. The average molecular weight is 407 g/mol. The molecular weight excluding hydrogens is 372 g/mol. The Morgan fingerprint density at radius 3 is 2.79 bits per heavy atom. The Labute approximate surface area is 169 Å². The second-order valence-corrected chi connectivity index (χ2v) is 10.4. The molecule has 0 aliphatic carbocycles. The summed E-state index contributed by atoms with van der Waals surface area (Å²) in [6.45, 7) is 10.4. The SMILES string of the molecule is CCCCCCN1CC[C@](C)(c2ccc3[nH]c(NS(C)(=O)=O)nc3c2)[C@@H](C)C1. The van der Waals surface area contributed by atoms with Crippen molar-refractivity contribution in [3.63, 3.8) is 0 Å².